The summed E-state index contributed by atoms with van der Waals surface area (Å²) in [4.78, 5) is 4.61. The molecule has 2 heterocycles. The van der Waals surface area contributed by atoms with Crippen molar-refractivity contribution in [2.45, 2.75) is 65.6 Å². The molecule has 0 aromatic carbocycles. The van der Waals surface area contributed by atoms with Crippen LogP contribution in [0.2, 0.25) is 0 Å². The van der Waals surface area contributed by atoms with Crippen molar-refractivity contribution >= 4 is 23.2 Å². The molecule has 0 N–H and O–H groups in total. The van der Waals surface area contributed by atoms with Crippen LogP contribution in [0.4, 0.5) is 0 Å². The summed E-state index contributed by atoms with van der Waals surface area (Å²) in [6, 6.07) is 0. The minimum Gasteiger partial charge on any atom is -0.399 e. The van der Waals surface area contributed by atoms with E-state index in [1.54, 1.807) is 11.3 Å². The van der Waals surface area contributed by atoms with E-state index in [9.17, 15) is 0 Å². The summed E-state index contributed by atoms with van der Waals surface area (Å²) in [5, 5.41) is 1.15. The molecule has 1 aromatic rings. The van der Waals surface area contributed by atoms with Crippen LogP contribution in [-0.4, -0.2) is 23.3 Å². The molecule has 0 atom stereocenters. The molecule has 0 radical (unpaired) electrons. The fourth-order valence-corrected chi connectivity index (χ4v) is 2.87. The summed E-state index contributed by atoms with van der Waals surface area (Å²) >= 11 is 1.71. The molecule has 3 nitrogen and oxygen atoms in total. The van der Waals surface area contributed by atoms with E-state index in [1.807, 2.05) is 6.92 Å². The van der Waals surface area contributed by atoms with Gasteiger partial charge in [0, 0.05) is 11.6 Å². The van der Waals surface area contributed by atoms with Gasteiger partial charge in [0.25, 0.3) is 0 Å². The second-order valence-corrected chi connectivity index (χ2v) is 7.31. The number of thiazole rings is 1. The maximum Gasteiger partial charge on any atom is 0.507 e. The van der Waals surface area contributed by atoms with Crippen LogP contribution in [-0.2, 0) is 9.31 Å². The molecule has 5 heteroatoms. The monoisotopic (exact) mass is 267 g/mol. The molecule has 1 saturated heterocycles. The third-order valence-electron chi connectivity index (χ3n) is 3.81. The molecule has 0 unspecified atom stereocenters. The highest BCUT2D eigenvalue weighted by Gasteiger charge is 2.52. The van der Waals surface area contributed by atoms with Gasteiger partial charge in [-0.15, -0.1) is 11.3 Å². The molecular formula is C13H22BNO2S. The van der Waals surface area contributed by atoms with Crippen LogP contribution < -0.4 is 4.78 Å². The molecule has 2 rings (SSSR count). The fourth-order valence-electron chi connectivity index (χ4n) is 1.85. The van der Waals surface area contributed by atoms with Crippen LogP contribution in [0.15, 0.2) is 0 Å². The van der Waals surface area contributed by atoms with E-state index in [1.165, 1.54) is 0 Å². The highest BCUT2D eigenvalue weighted by Crippen LogP contribution is 2.37. The maximum absolute atomic E-state index is 6.07. The van der Waals surface area contributed by atoms with Gasteiger partial charge in [0.05, 0.1) is 21.0 Å². The smallest absolute Gasteiger partial charge is 0.399 e. The molecule has 0 saturated carbocycles. The van der Waals surface area contributed by atoms with Crippen LogP contribution in [0.3, 0.4) is 0 Å². The topological polar surface area (TPSA) is 31.4 Å². The van der Waals surface area contributed by atoms with Crippen molar-refractivity contribution < 1.29 is 9.31 Å². The number of hydrogen-bond donors (Lipinski definition) is 0. The van der Waals surface area contributed by atoms with Gasteiger partial charge < -0.3 is 9.31 Å². The predicted molar refractivity (Wildman–Crippen MR) is 76.7 cm³/mol. The molecule has 0 spiro atoms. The van der Waals surface area contributed by atoms with Crippen LogP contribution in [0.25, 0.3) is 0 Å². The van der Waals surface area contributed by atoms with Crippen LogP contribution in [0, 0.1) is 6.92 Å². The summed E-state index contributed by atoms with van der Waals surface area (Å²) in [7, 11) is -0.278. The Labute approximate surface area is 114 Å². The second kappa shape index (κ2) is 4.32. The first kappa shape index (κ1) is 14.0. The highest BCUT2D eigenvalue weighted by atomic mass is 32.1. The van der Waals surface area contributed by atoms with E-state index in [-0.39, 0.29) is 18.3 Å². The van der Waals surface area contributed by atoms with Gasteiger partial charge in [-0.05, 0) is 34.6 Å². The zero-order chi connectivity index (χ0) is 13.7. The Morgan fingerprint density at radius 2 is 1.61 bits per heavy atom. The van der Waals surface area contributed by atoms with E-state index in [0.29, 0.717) is 5.92 Å². The lowest BCUT2D eigenvalue weighted by molar-refractivity contribution is 0.00578. The van der Waals surface area contributed by atoms with E-state index in [4.69, 9.17) is 9.31 Å². The minimum atomic E-state index is -0.286. The number of hydrogen-bond acceptors (Lipinski definition) is 4. The van der Waals surface area contributed by atoms with Crippen molar-refractivity contribution in [3.05, 3.63) is 10.7 Å². The number of aryl methyl sites for hydroxylation is 1. The van der Waals surface area contributed by atoms with E-state index in [2.05, 4.69) is 46.5 Å². The molecule has 0 aliphatic carbocycles. The lowest BCUT2D eigenvalue weighted by Crippen LogP contribution is -2.41. The van der Waals surface area contributed by atoms with Gasteiger partial charge in [-0.2, -0.15) is 0 Å². The van der Waals surface area contributed by atoms with E-state index >= 15 is 0 Å². The molecule has 1 aliphatic heterocycles. The standard InChI is InChI=1S/C13H22BNO2S/c1-8(2)11-15-9(3)10(18-11)14-16-12(4,5)13(6,7)17-14/h8H,1-7H3. The maximum atomic E-state index is 6.07. The largest absolute Gasteiger partial charge is 0.507 e. The average molecular weight is 267 g/mol. The summed E-state index contributed by atoms with van der Waals surface area (Å²) in [6.07, 6.45) is 0. The Balaban J connectivity index is 2.30. The van der Waals surface area contributed by atoms with Gasteiger partial charge >= 0.3 is 7.12 Å². The highest BCUT2D eigenvalue weighted by molar-refractivity contribution is 7.22. The van der Waals surface area contributed by atoms with Crippen molar-refractivity contribution in [1.29, 1.82) is 0 Å². The average Bonchev–Trinajstić information content (AvgIpc) is 2.66. The van der Waals surface area contributed by atoms with Crippen molar-refractivity contribution in [3.8, 4) is 0 Å². The lowest BCUT2D eigenvalue weighted by Gasteiger charge is -2.32. The Bertz CT molecular complexity index is 438. The molecule has 0 amide bonds. The zero-order valence-corrected chi connectivity index (χ0v) is 13.1. The summed E-state index contributed by atoms with van der Waals surface area (Å²) < 4.78 is 13.3. The first-order valence-electron chi connectivity index (χ1n) is 6.47. The van der Waals surface area contributed by atoms with Gasteiger partial charge in [-0.1, -0.05) is 13.8 Å². The molecule has 100 valence electrons. The number of nitrogens with zero attached hydrogens (tertiary/aromatic N) is 1. The quantitative estimate of drug-likeness (QED) is 0.772. The SMILES string of the molecule is Cc1nc(C(C)C)sc1B1OC(C)(C)C(C)(C)O1. The molecule has 1 aromatic heterocycles. The molecule has 0 bridgehead atoms. The second-order valence-electron chi connectivity index (χ2n) is 6.24. The molecule has 18 heavy (non-hydrogen) atoms. The van der Waals surface area contributed by atoms with Crippen molar-refractivity contribution in [2.24, 2.45) is 0 Å². The van der Waals surface area contributed by atoms with Crippen molar-refractivity contribution in [2.75, 3.05) is 0 Å². The zero-order valence-electron chi connectivity index (χ0n) is 12.3. The Kier molecular flexibility index (Phi) is 3.37. The third kappa shape index (κ3) is 2.24. The van der Waals surface area contributed by atoms with Gasteiger partial charge in [-0.3, -0.25) is 0 Å². The molecule has 1 fully saturated rings. The number of aromatic nitrogens is 1. The first-order valence-corrected chi connectivity index (χ1v) is 7.28. The van der Waals surface area contributed by atoms with Crippen LogP contribution >= 0.6 is 11.3 Å². The number of rotatable bonds is 2. The Morgan fingerprint density at radius 3 is 2.00 bits per heavy atom. The van der Waals surface area contributed by atoms with Gasteiger partial charge in [0.15, 0.2) is 0 Å². The van der Waals surface area contributed by atoms with Gasteiger partial charge in [-0.25, -0.2) is 4.98 Å². The van der Waals surface area contributed by atoms with Crippen LogP contribution in [0.5, 0.6) is 0 Å². The van der Waals surface area contributed by atoms with E-state index in [0.717, 1.165) is 15.5 Å². The lowest BCUT2D eigenvalue weighted by atomic mass is 9.86. The van der Waals surface area contributed by atoms with Crippen molar-refractivity contribution in [1.82, 2.24) is 4.98 Å². The summed E-state index contributed by atoms with van der Waals surface area (Å²) in [5.41, 5.74) is 0.459. The first-order chi connectivity index (χ1) is 8.14. The van der Waals surface area contributed by atoms with Crippen LogP contribution in [0.1, 0.15) is 58.2 Å². The summed E-state index contributed by atoms with van der Waals surface area (Å²) in [6.45, 7) is 14.7. The van der Waals surface area contributed by atoms with E-state index < -0.39 is 0 Å². The molecule has 1 aliphatic rings. The molecular weight excluding hydrogens is 245 g/mol. The fraction of sp³-hybridized carbons (Fsp3) is 0.769. The van der Waals surface area contributed by atoms with Gasteiger partial charge in [0.2, 0.25) is 0 Å². The van der Waals surface area contributed by atoms with Gasteiger partial charge in [0.1, 0.15) is 0 Å². The Hall–Kier alpha value is -0.385. The Morgan fingerprint density at radius 1 is 1.11 bits per heavy atom. The third-order valence-corrected chi connectivity index (χ3v) is 5.29. The normalized spacial score (nSPS) is 21.9. The predicted octanol–water partition coefficient (Wildman–Crippen LogP) is 2.87. The minimum absolute atomic E-state index is 0.278. The summed E-state index contributed by atoms with van der Waals surface area (Å²) in [5.74, 6) is 0.449. The van der Waals surface area contributed by atoms with Crippen molar-refractivity contribution in [3.63, 3.8) is 0 Å².